The number of rotatable bonds is 2. The van der Waals surface area contributed by atoms with Crippen molar-refractivity contribution in [2.24, 2.45) is 0 Å². The number of morpholine rings is 1. The van der Waals surface area contributed by atoms with E-state index in [9.17, 15) is 9.18 Å². The van der Waals surface area contributed by atoms with Crippen molar-refractivity contribution >= 4 is 17.7 Å². The third-order valence-electron chi connectivity index (χ3n) is 5.00. The summed E-state index contributed by atoms with van der Waals surface area (Å²) in [4.78, 5) is 26.7. The van der Waals surface area contributed by atoms with E-state index in [4.69, 9.17) is 16.2 Å². The van der Waals surface area contributed by atoms with Crippen LogP contribution in [0.2, 0.25) is 0 Å². The zero-order valence-corrected chi connectivity index (χ0v) is 17.4. The van der Waals surface area contributed by atoms with Crippen LogP contribution in [0, 0.1) is 24.6 Å². The van der Waals surface area contributed by atoms with E-state index in [0.29, 0.717) is 60.2 Å². The maximum absolute atomic E-state index is 15.0. The van der Waals surface area contributed by atoms with E-state index >= 15 is 0 Å². The van der Waals surface area contributed by atoms with Gasteiger partial charge < -0.3 is 21.1 Å². The van der Waals surface area contributed by atoms with Gasteiger partial charge in [0.1, 0.15) is 11.6 Å². The quantitative estimate of drug-likeness (QED) is 0.595. The molecule has 3 heterocycles. The molecule has 2 aromatic heterocycles. The highest BCUT2D eigenvalue weighted by Gasteiger charge is 2.22. The van der Waals surface area contributed by atoms with E-state index in [1.165, 1.54) is 12.1 Å². The van der Waals surface area contributed by atoms with Gasteiger partial charge in [0.15, 0.2) is 0 Å². The Labute approximate surface area is 184 Å². The zero-order chi connectivity index (χ0) is 22.7. The number of pyridine rings is 1. The molecule has 1 aromatic carbocycles. The number of nitrogen functional groups attached to an aromatic ring is 2. The molecule has 162 valence electrons. The molecule has 0 unspecified atom stereocenters. The normalized spacial score (nSPS) is 13.4. The van der Waals surface area contributed by atoms with Gasteiger partial charge in [-0.2, -0.15) is 0 Å². The van der Waals surface area contributed by atoms with Crippen LogP contribution in [0.1, 0.15) is 27.2 Å². The zero-order valence-electron chi connectivity index (χ0n) is 17.4. The summed E-state index contributed by atoms with van der Waals surface area (Å²) in [5, 5.41) is 0. The van der Waals surface area contributed by atoms with Crippen LogP contribution in [0.15, 0.2) is 36.5 Å². The van der Waals surface area contributed by atoms with Crippen LogP contribution in [0.3, 0.4) is 0 Å². The van der Waals surface area contributed by atoms with E-state index in [2.05, 4.69) is 26.8 Å². The molecule has 0 radical (unpaired) electrons. The summed E-state index contributed by atoms with van der Waals surface area (Å²) in [6, 6.07) is 7.75. The second-order valence-electron chi connectivity index (χ2n) is 7.21. The van der Waals surface area contributed by atoms with Crippen molar-refractivity contribution < 1.29 is 13.9 Å². The van der Waals surface area contributed by atoms with Crippen molar-refractivity contribution in [3.05, 3.63) is 64.7 Å². The van der Waals surface area contributed by atoms with Crippen LogP contribution in [-0.4, -0.2) is 52.1 Å². The molecule has 0 bridgehead atoms. The molecule has 1 fully saturated rings. The lowest BCUT2D eigenvalue weighted by Crippen LogP contribution is -2.41. The third-order valence-corrected chi connectivity index (χ3v) is 5.00. The predicted molar refractivity (Wildman–Crippen MR) is 118 cm³/mol. The van der Waals surface area contributed by atoms with Crippen molar-refractivity contribution in [2.75, 3.05) is 37.8 Å². The largest absolute Gasteiger partial charge is 0.384 e. The first kappa shape index (κ1) is 21.2. The topological polar surface area (TPSA) is 120 Å². The third kappa shape index (κ3) is 4.50. The number of carbonyl (C=O) groups is 1. The molecule has 3 aromatic rings. The standard InChI is InChI=1S/C23H21FN6O2/c1-14-17(5-2-15-3-7-20(25)27-13-15)21(29-23(26)28-14)16-4-6-18(19(24)12-16)22(31)30-8-10-32-11-9-30/h3-4,6-7,12-13H,8-11H2,1H3,(H2,25,27)(H2,26,28,29). The molecular weight excluding hydrogens is 411 g/mol. The van der Waals surface area contributed by atoms with Crippen LogP contribution in [0.25, 0.3) is 11.3 Å². The van der Waals surface area contributed by atoms with Gasteiger partial charge in [-0.3, -0.25) is 4.79 Å². The molecule has 0 atom stereocenters. The highest BCUT2D eigenvalue weighted by molar-refractivity contribution is 5.95. The van der Waals surface area contributed by atoms with Gasteiger partial charge in [0.2, 0.25) is 5.95 Å². The Morgan fingerprint density at radius 1 is 1.12 bits per heavy atom. The second-order valence-corrected chi connectivity index (χ2v) is 7.21. The fraction of sp³-hybridized carbons (Fsp3) is 0.217. The first-order chi connectivity index (χ1) is 15.4. The van der Waals surface area contributed by atoms with Crippen LogP contribution >= 0.6 is 0 Å². The number of nitrogens with zero attached hydrogens (tertiary/aromatic N) is 4. The molecule has 8 nitrogen and oxygen atoms in total. The van der Waals surface area contributed by atoms with Crippen molar-refractivity contribution in [2.45, 2.75) is 6.92 Å². The van der Waals surface area contributed by atoms with E-state index in [-0.39, 0.29) is 17.4 Å². The number of halogens is 1. The van der Waals surface area contributed by atoms with Gasteiger partial charge in [-0.1, -0.05) is 17.9 Å². The lowest BCUT2D eigenvalue weighted by molar-refractivity contribution is 0.0300. The summed E-state index contributed by atoms with van der Waals surface area (Å²) >= 11 is 0. The Morgan fingerprint density at radius 3 is 2.59 bits per heavy atom. The van der Waals surface area contributed by atoms with Crippen LogP contribution in [0.5, 0.6) is 0 Å². The van der Waals surface area contributed by atoms with Gasteiger partial charge in [-0.05, 0) is 31.2 Å². The minimum atomic E-state index is -0.643. The maximum Gasteiger partial charge on any atom is 0.256 e. The van der Waals surface area contributed by atoms with Gasteiger partial charge >= 0.3 is 0 Å². The number of aryl methyl sites for hydroxylation is 1. The van der Waals surface area contributed by atoms with Crippen molar-refractivity contribution in [1.29, 1.82) is 0 Å². The fourth-order valence-electron chi connectivity index (χ4n) is 3.34. The van der Waals surface area contributed by atoms with Crippen LogP contribution in [0.4, 0.5) is 16.2 Å². The van der Waals surface area contributed by atoms with Gasteiger partial charge in [-0.25, -0.2) is 19.3 Å². The Kier molecular flexibility index (Phi) is 5.96. The number of ether oxygens (including phenoxy) is 1. The number of nitrogens with two attached hydrogens (primary N) is 2. The van der Waals surface area contributed by atoms with Crippen molar-refractivity contribution in [3.8, 4) is 23.1 Å². The molecule has 1 saturated heterocycles. The SMILES string of the molecule is Cc1nc(N)nc(-c2ccc(C(=O)N3CCOCC3)c(F)c2)c1C#Cc1ccc(N)nc1. The number of carbonyl (C=O) groups excluding carboxylic acids is 1. The van der Waals surface area contributed by atoms with Gasteiger partial charge in [0, 0.05) is 30.4 Å². The Bertz CT molecular complexity index is 1230. The predicted octanol–water partition coefficient (Wildman–Crippen LogP) is 2.02. The maximum atomic E-state index is 15.0. The Hall–Kier alpha value is -4.03. The number of amides is 1. The highest BCUT2D eigenvalue weighted by atomic mass is 19.1. The monoisotopic (exact) mass is 432 g/mol. The van der Waals surface area contributed by atoms with Gasteiger partial charge in [0.05, 0.1) is 35.7 Å². The molecule has 0 spiro atoms. The highest BCUT2D eigenvalue weighted by Crippen LogP contribution is 2.26. The molecular formula is C23H21FN6O2. The minimum Gasteiger partial charge on any atom is -0.384 e. The molecule has 1 amide bonds. The average molecular weight is 432 g/mol. The van der Waals surface area contributed by atoms with Crippen molar-refractivity contribution in [1.82, 2.24) is 19.9 Å². The van der Waals surface area contributed by atoms with Crippen molar-refractivity contribution in [3.63, 3.8) is 0 Å². The van der Waals surface area contributed by atoms with Gasteiger partial charge in [0.25, 0.3) is 5.91 Å². The number of aromatic nitrogens is 3. The lowest BCUT2D eigenvalue weighted by Gasteiger charge is -2.27. The van der Waals surface area contributed by atoms with Crippen LogP contribution in [-0.2, 0) is 4.74 Å². The molecule has 0 aliphatic carbocycles. The summed E-state index contributed by atoms with van der Waals surface area (Å²) in [7, 11) is 0. The second kappa shape index (κ2) is 8.99. The summed E-state index contributed by atoms with van der Waals surface area (Å²) in [6.45, 7) is 3.50. The van der Waals surface area contributed by atoms with E-state index < -0.39 is 5.82 Å². The van der Waals surface area contributed by atoms with E-state index in [1.54, 1.807) is 36.2 Å². The Morgan fingerprint density at radius 2 is 1.91 bits per heavy atom. The number of hydrogen-bond donors (Lipinski definition) is 2. The average Bonchev–Trinajstić information content (AvgIpc) is 2.79. The summed E-state index contributed by atoms with van der Waals surface area (Å²) in [5.41, 5.74) is 14.0. The van der Waals surface area contributed by atoms with E-state index in [1.807, 2.05) is 0 Å². The first-order valence-corrected chi connectivity index (χ1v) is 9.97. The Balaban J connectivity index is 1.71. The van der Waals surface area contributed by atoms with E-state index in [0.717, 1.165) is 0 Å². The summed E-state index contributed by atoms with van der Waals surface area (Å²) in [5.74, 6) is 5.45. The summed E-state index contributed by atoms with van der Waals surface area (Å²) in [6.07, 6.45) is 1.56. The fourth-order valence-corrected chi connectivity index (χ4v) is 3.34. The first-order valence-electron chi connectivity index (χ1n) is 9.97. The number of hydrogen-bond acceptors (Lipinski definition) is 7. The van der Waals surface area contributed by atoms with Gasteiger partial charge in [-0.15, -0.1) is 0 Å². The smallest absolute Gasteiger partial charge is 0.256 e. The molecule has 0 saturated carbocycles. The molecule has 1 aliphatic rings. The summed E-state index contributed by atoms with van der Waals surface area (Å²) < 4.78 is 20.2. The molecule has 4 N–H and O–H groups in total. The van der Waals surface area contributed by atoms with Crippen LogP contribution < -0.4 is 11.5 Å². The minimum absolute atomic E-state index is 0.00465. The molecule has 1 aliphatic heterocycles. The number of benzene rings is 1. The molecule has 32 heavy (non-hydrogen) atoms. The molecule has 4 rings (SSSR count). The lowest BCUT2D eigenvalue weighted by atomic mass is 10.0. The number of anilines is 2. The molecule has 9 heteroatoms.